The Bertz CT molecular complexity index is 177. The lowest BCUT2D eigenvalue weighted by atomic mass is 10.1. The molecule has 0 aromatic carbocycles. The highest BCUT2D eigenvalue weighted by molar-refractivity contribution is 5.85. The highest BCUT2D eigenvalue weighted by atomic mass is 35.5. The average molecular weight is 178 g/mol. The third kappa shape index (κ3) is 2.93. The number of rotatable bonds is 3. The molecule has 64 valence electrons. The van der Waals surface area contributed by atoms with E-state index in [1.165, 1.54) is 0 Å². The first kappa shape index (κ1) is 10.5. The first-order valence-electron chi connectivity index (χ1n) is 3.23. The topological polar surface area (TPSA) is 59.4 Å². The van der Waals surface area contributed by atoms with Gasteiger partial charge < -0.3 is 15.3 Å². The van der Waals surface area contributed by atoms with Crippen LogP contribution in [0.1, 0.15) is 18.0 Å². The number of nitrogens with two attached hydrogens (primary N) is 1. The minimum atomic E-state index is -0.0938. The van der Waals surface area contributed by atoms with Crippen LogP contribution in [0.25, 0.3) is 0 Å². The van der Waals surface area contributed by atoms with Crippen LogP contribution >= 0.6 is 12.4 Å². The van der Waals surface area contributed by atoms with Crippen molar-refractivity contribution in [3.8, 4) is 0 Å². The normalized spacial score (nSPS) is 12.2. The van der Waals surface area contributed by atoms with Gasteiger partial charge in [0.05, 0.1) is 12.5 Å². The van der Waals surface area contributed by atoms with Gasteiger partial charge in [-0.25, -0.2) is 0 Å². The van der Waals surface area contributed by atoms with Crippen LogP contribution in [-0.2, 0) is 0 Å². The van der Waals surface area contributed by atoms with Crippen LogP contribution in [0.5, 0.6) is 0 Å². The third-order valence-electron chi connectivity index (χ3n) is 1.41. The maximum Gasteiger partial charge on any atom is 0.0950 e. The van der Waals surface area contributed by atoms with Gasteiger partial charge >= 0.3 is 0 Å². The molecule has 0 fully saturated rings. The summed E-state index contributed by atoms with van der Waals surface area (Å²) in [6, 6.07) is 1.71. The van der Waals surface area contributed by atoms with Crippen LogP contribution in [0.3, 0.4) is 0 Å². The van der Waals surface area contributed by atoms with E-state index in [9.17, 15) is 0 Å². The monoisotopic (exact) mass is 177 g/mol. The summed E-state index contributed by atoms with van der Waals surface area (Å²) in [6.45, 7) is 0.117. The second-order valence-electron chi connectivity index (χ2n) is 2.18. The zero-order chi connectivity index (χ0) is 7.40. The molecule has 0 aliphatic heterocycles. The molecule has 4 heteroatoms. The summed E-state index contributed by atoms with van der Waals surface area (Å²) in [7, 11) is 0. The maximum absolute atomic E-state index is 8.52. The lowest BCUT2D eigenvalue weighted by Gasteiger charge is -2.04. The van der Waals surface area contributed by atoms with E-state index in [2.05, 4.69) is 0 Å². The minimum absolute atomic E-state index is 0. The molecule has 1 atom stereocenters. The Morgan fingerprint density at radius 1 is 1.64 bits per heavy atom. The molecule has 0 radical (unpaired) electrons. The van der Waals surface area contributed by atoms with Crippen molar-refractivity contribution in [3.05, 3.63) is 24.2 Å². The quantitative estimate of drug-likeness (QED) is 0.727. The van der Waals surface area contributed by atoms with E-state index in [0.29, 0.717) is 6.42 Å². The van der Waals surface area contributed by atoms with E-state index < -0.39 is 0 Å². The van der Waals surface area contributed by atoms with Gasteiger partial charge in [-0.15, -0.1) is 12.4 Å². The molecule has 0 unspecified atom stereocenters. The molecule has 0 spiro atoms. The van der Waals surface area contributed by atoms with Crippen molar-refractivity contribution in [2.75, 3.05) is 6.61 Å². The van der Waals surface area contributed by atoms with Crippen LogP contribution < -0.4 is 5.73 Å². The van der Waals surface area contributed by atoms with Crippen molar-refractivity contribution in [3.63, 3.8) is 0 Å². The average Bonchev–Trinajstić information content (AvgIpc) is 2.38. The van der Waals surface area contributed by atoms with E-state index in [0.717, 1.165) is 5.56 Å². The van der Waals surface area contributed by atoms with Crippen LogP contribution in [0.2, 0.25) is 0 Å². The molecule has 3 N–H and O–H groups in total. The molecule has 1 rings (SSSR count). The Balaban J connectivity index is 0.000001000. The third-order valence-corrected chi connectivity index (χ3v) is 1.41. The summed E-state index contributed by atoms with van der Waals surface area (Å²) in [6.07, 6.45) is 3.76. The Hall–Kier alpha value is -0.510. The minimum Gasteiger partial charge on any atom is -0.472 e. The molecule has 0 amide bonds. The Morgan fingerprint density at radius 2 is 2.36 bits per heavy atom. The Labute approximate surface area is 71.6 Å². The lowest BCUT2D eigenvalue weighted by Crippen LogP contribution is -2.10. The van der Waals surface area contributed by atoms with Crippen molar-refractivity contribution < 1.29 is 9.52 Å². The summed E-state index contributed by atoms with van der Waals surface area (Å²) in [5.74, 6) is 0. The molecular formula is C7H12ClNO2. The van der Waals surface area contributed by atoms with E-state index >= 15 is 0 Å². The van der Waals surface area contributed by atoms with Gasteiger partial charge in [0.15, 0.2) is 0 Å². The van der Waals surface area contributed by atoms with Crippen molar-refractivity contribution in [2.45, 2.75) is 12.5 Å². The first-order chi connectivity index (χ1) is 4.84. The maximum atomic E-state index is 8.52. The number of aliphatic hydroxyl groups excluding tert-OH is 1. The van der Waals surface area contributed by atoms with Gasteiger partial charge in [-0.05, 0) is 12.5 Å². The van der Waals surface area contributed by atoms with Crippen LogP contribution in [0, 0.1) is 0 Å². The highest BCUT2D eigenvalue weighted by Gasteiger charge is 2.04. The van der Waals surface area contributed by atoms with Gasteiger partial charge in [0.1, 0.15) is 0 Å². The van der Waals surface area contributed by atoms with E-state index in [1.54, 1.807) is 18.6 Å². The fourth-order valence-electron chi connectivity index (χ4n) is 0.792. The molecule has 0 bridgehead atoms. The Kier molecular flexibility index (Phi) is 4.94. The number of aliphatic hydroxyl groups is 1. The molecule has 0 saturated carbocycles. The highest BCUT2D eigenvalue weighted by Crippen LogP contribution is 2.12. The molecule has 0 saturated heterocycles. The second kappa shape index (κ2) is 5.18. The number of hydrogen-bond donors (Lipinski definition) is 2. The molecule has 1 heterocycles. The van der Waals surface area contributed by atoms with E-state index in [4.69, 9.17) is 15.3 Å². The first-order valence-corrected chi connectivity index (χ1v) is 3.23. The number of furan rings is 1. The molecule has 0 aliphatic rings. The van der Waals surface area contributed by atoms with Gasteiger partial charge in [-0.2, -0.15) is 0 Å². The summed E-state index contributed by atoms with van der Waals surface area (Å²) < 4.78 is 4.82. The SMILES string of the molecule is Cl.N[C@H](CCO)c1ccoc1. The number of hydrogen-bond acceptors (Lipinski definition) is 3. The van der Waals surface area contributed by atoms with Crippen molar-refractivity contribution in [1.82, 2.24) is 0 Å². The van der Waals surface area contributed by atoms with E-state index in [1.807, 2.05) is 0 Å². The molecule has 1 aromatic rings. The van der Waals surface area contributed by atoms with Gasteiger partial charge in [0.25, 0.3) is 0 Å². The summed E-state index contributed by atoms with van der Waals surface area (Å²) in [5.41, 5.74) is 6.57. The van der Waals surface area contributed by atoms with Gasteiger partial charge in [0.2, 0.25) is 0 Å². The van der Waals surface area contributed by atoms with Gasteiger partial charge in [-0.3, -0.25) is 0 Å². The van der Waals surface area contributed by atoms with Crippen LogP contribution in [-0.4, -0.2) is 11.7 Å². The lowest BCUT2D eigenvalue weighted by molar-refractivity contribution is 0.276. The largest absolute Gasteiger partial charge is 0.472 e. The predicted octanol–water partition coefficient (Wildman–Crippen LogP) is 1.08. The van der Waals surface area contributed by atoms with Crippen LogP contribution in [0.4, 0.5) is 0 Å². The van der Waals surface area contributed by atoms with Crippen molar-refractivity contribution in [2.24, 2.45) is 5.73 Å². The summed E-state index contributed by atoms with van der Waals surface area (Å²) >= 11 is 0. The van der Waals surface area contributed by atoms with Crippen molar-refractivity contribution >= 4 is 12.4 Å². The molecule has 0 aliphatic carbocycles. The van der Waals surface area contributed by atoms with Crippen molar-refractivity contribution in [1.29, 1.82) is 0 Å². The van der Waals surface area contributed by atoms with Gasteiger partial charge in [0, 0.05) is 18.2 Å². The fraction of sp³-hybridized carbons (Fsp3) is 0.429. The van der Waals surface area contributed by atoms with Gasteiger partial charge in [-0.1, -0.05) is 0 Å². The molecule has 11 heavy (non-hydrogen) atoms. The zero-order valence-electron chi connectivity index (χ0n) is 6.06. The molecular weight excluding hydrogens is 166 g/mol. The summed E-state index contributed by atoms with van der Waals surface area (Å²) in [5, 5.41) is 8.52. The Morgan fingerprint density at radius 3 is 2.82 bits per heavy atom. The standard InChI is InChI=1S/C7H11NO2.ClH/c8-7(1-3-9)6-2-4-10-5-6;/h2,4-5,7,9H,1,3,8H2;1H/t7-;/m1./s1. The predicted molar refractivity (Wildman–Crippen MR) is 44.6 cm³/mol. The second-order valence-corrected chi connectivity index (χ2v) is 2.18. The van der Waals surface area contributed by atoms with Crippen LogP contribution in [0.15, 0.2) is 23.0 Å². The molecule has 1 aromatic heterocycles. The van der Waals surface area contributed by atoms with E-state index in [-0.39, 0.29) is 25.1 Å². The summed E-state index contributed by atoms with van der Waals surface area (Å²) in [4.78, 5) is 0. The fourth-order valence-corrected chi connectivity index (χ4v) is 0.792. The zero-order valence-corrected chi connectivity index (χ0v) is 6.88. The smallest absolute Gasteiger partial charge is 0.0950 e. The number of halogens is 1. The molecule has 3 nitrogen and oxygen atoms in total.